The van der Waals surface area contributed by atoms with E-state index in [2.05, 4.69) is 5.16 Å². The van der Waals surface area contributed by atoms with Crippen molar-refractivity contribution >= 4 is 17.4 Å². The summed E-state index contributed by atoms with van der Waals surface area (Å²) in [6, 6.07) is 4.90. The fourth-order valence-electron chi connectivity index (χ4n) is 1.52. The van der Waals surface area contributed by atoms with Crippen LogP contribution in [0.4, 0.5) is 13.2 Å². The minimum absolute atomic E-state index is 0.0456. The second kappa shape index (κ2) is 5.92. The van der Waals surface area contributed by atoms with Crippen molar-refractivity contribution in [2.24, 2.45) is 10.9 Å². The van der Waals surface area contributed by atoms with Crippen molar-refractivity contribution in [3.63, 3.8) is 0 Å². The number of halogens is 4. The van der Waals surface area contributed by atoms with Crippen molar-refractivity contribution in [2.75, 3.05) is 0 Å². The first-order chi connectivity index (χ1) is 9.92. The quantitative estimate of drug-likeness (QED) is 0.393. The summed E-state index contributed by atoms with van der Waals surface area (Å²) in [6.45, 7) is 0. The van der Waals surface area contributed by atoms with Crippen LogP contribution in [-0.4, -0.2) is 11.0 Å². The molecule has 0 bridgehead atoms. The van der Waals surface area contributed by atoms with Gasteiger partial charge < -0.3 is 15.7 Å². The van der Waals surface area contributed by atoms with Gasteiger partial charge >= 0.3 is 0 Å². The second-order valence-electron chi connectivity index (χ2n) is 3.93. The molecule has 0 radical (unpaired) electrons. The van der Waals surface area contributed by atoms with E-state index in [-0.39, 0.29) is 16.3 Å². The Labute approximate surface area is 122 Å². The van der Waals surface area contributed by atoms with E-state index < -0.39 is 29.0 Å². The predicted octanol–water partition coefficient (Wildman–Crippen LogP) is 3.64. The molecule has 0 atom stereocenters. The monoisotopic (exact) mass is 316 g/mol. The molecule has 0 amide bonds. The maximum absolute atomic E-state index is 13.8. The average molecular weight is 317 g/mol. The van der Waals surface area contributed by atoms with Gasteiger partial charge in [-0.15, -0.1) is 0 Å². The Hall–Kier alpha value is -2.41. The maximum Gasteiger partial charge on any atom is 0.198 e. The van der Waals surface area contributed by atoms with Crippen LogP contribution in [0.2, 0.25) is 5.02 Å². The lowest BCUT2D eigenvalue weighted by Crippen LogP contribution is -2.14. The fourth-order valence-corrected chi connectivity index (χ4v) is 1.69. The summed E-state index contributed by atoms with van der Waals surface area (Å²) >= 11 is 5.54. The van der Waals surface area contributed by atoms with Crippen LogP contribution < -0.4 is 10.5 Å². The number of hydrogen-bond acceptors (Lipinski definition) is 3. The summed E-state index contributed by atoms with van der Waals surface area (Å²) < 4.78 is 45.6. The van der Waals surface area contributed by atoms with E-state index in [4.69, 9.17) is 27.3 Å². The van der Waals surface area contributed by atoms with E-state index in [9.17, 15) is 13.2 Å². The Bertz CT molecular complexity index is 700. The van der Waals surface area contributed by atoms with Crippen molar-refractivity contribution in [1.29, 1.82) is 0 Å². The van der Waals surface area contributed by atoms with Crippen molar-refractivity contribution in [3.05, 3.63) is 58.4 Å². The summed E-state index contributed by atoms with van der Waals surface area (Å²) in [4.78, 5) is 0. The highest BCUT2D eigenvalue weighted by Crippen LogP contribution is 2.30. The molecule has 0 saturated heterocycles. The first-order valence-corrected chi connectivity index (χ1v) is 5.90. The lowest BCUT2D eigenvalue weighted by atomic mass is 10.2. The molecular formula is C13H8ClF3N2O2. The zero-order valence-corrected chi connectivity index (χ0v) is 11.0. The van der Waals surface area contributed by atoms with Crippen molar-refractivity contribution in [3.8, 4) is 11.5 Å². The molecule has 4 nitrogen and oxygen atoms in total. The Balaban J connectivity index is 2.38. The van der Waals surface area contributed by atoms with E-state index in [1.807, 2.05) is 0 Å². The largest absolute Gasteiger partial charge is 0.451 e. The Kier molecular flexibility index (Phi) is 4.23. The van der Waals surface area contributed by atoms with Crippen LogP contribution >= 0.6 is 11.6 Å². The molecule has 0 aromatic heterocycles. The van der Waals surface area contributed by atoms with E-state index in [0.29, 0.717) is 0 Å². The molecule has 2 rings (SSSR count). The van der Waals surface area contributed by atoms with Crippen LogP contribution in [0.15, 0.2) is 35.5 Å². The first-order valence-electron chi connectivity index (χ1n) is 5.52. The Morgan fingerprint density at radius 3 is 2.24 bits per heavy atom. The summed E-state index contributed by atoms with van der Waals surface area (Å²) in [6.07, 6.45) is 0. The highest BCUT2D eigenvalue weighted by molar-refractivity contribution is 6.30. The number of benzene rings is 2. The Morgan fingerprint density at radius 2 is 1.71 bits per heavy atom. The number of rotatable bonds is 3. The van der Waals surface area contributed by atoms with E-state index in [1.54, 1.807) is 0 Å². The van der Waals surface area contributed by atoms with Gasteiger partial charge in [0.05, 0.1) is 5.02 Å². The van der Waals surface area contributed by atoms with Gasteiger partial charge in [-0.2, -0.15) is 0 Å². The number of nitrogens with zero attached hydrogens (tertiary/aromatic N) is 1. The summed E-state index contributed by atoms with van der Waals surface area (Å²) in [5, 5.41) is 10.9. The zero-order chi connectivity index (χ0) is 15.6. The van der Waals surface area contributed by atoms with Gasteiger partial charge in [-0.05, 0) is 24.3 Å². The minimum Gasteiger partial charge on any atom is -0.451 e. The maximum atomic E-state index is 13.8. The molecule has 8 heteroatoms. The SMILES string of the molecule is N/C(=N/O)c1cc(F)c(Oc2ccc(F)c(Cl)c2)c(F)c1. The van der Waals surface area contributed by atoms with E-state index >= 15 is 0 Å². The second-order valence-corrected chi connectivity index (χ2v) is 4.34. The summed E-state index contributed by atoms with van der Waals surface area (Å²) in [5.74, 6) is -4.05. The number of oxime groups is 1. The summed E-state index contributed by atoms with van der Waals surface area (Å²) in [7, 11) is 0. The van der Waals surface area contributed by atoms with Gasteiger partial charge in [0.25, 0.3) is 0 Å². The molecule has 110 valence electrons. The third-order valence-corrected chi connectivity index (χ3v) is 2.80. The third-order valence-electron chi connectivity index (χ3n) is 2.51. The molecule has 0 heterocycles. The van der Waals surface area contributed by atoms with Crippen molar-refractivity contribution in [2.45, 2.75) is 0 Å². The normalized spacial score (nSPS) is 11.5. The number of hydrogen-bond donors (Lipinski definition) is 2. The highest BCUT2D eigenvalue weighted by Gasteiger charge is 2.16. The standard InChI is InChI=1S/C13H8ClF3N2O2/c14-8-5-7(1-2-9(8)15)21-12-10(16)3-6(4-11(12)17)13(18)19-20/h1-5,20H,(H2,18,19). The summed E-state index contributed by atoms with van der Waals surface area (Å²) in [5.41, 5.74) is 5.08. The topological polar surface area (TPSA) is 67.8 Å². The van der Waals surface area contributed by atoms with Crippen molar-refractivity contribution in [1.82, 2.24) is 0 Å². The molecule has 2 aromatic rings. The predicted molar refractivity (Wildman–Crippen MR) is 70.4 cm³/mol. The zero-order valence-electron chi connectivity index (χ0n) is 10.3. The molecule has 0 unspecified atom stereocenters. The number of ether oxygens (including phenoxy) is 1. The molecule has 3 N–H and O–H groups in total. The van der Waals surface area contributed by atoms with Crippen LogP contribution in [0, 0.1) is 17.5 Å². The molecule has 0 saturated carbocycles. The fraction of sp³-hybridized carbons (Fsp3) is 0. The van der Waals surface area contributed by atoms with E-state index in [0.717, 1.165) is 30.3 Å². The average Bonchev–Trinajstić information content (AvgIpc) is 2.45. The van der Waals surface area contributed by atoms with Gasteiger partial charge in [0.1, 0.15) is 11.6 Å². The first kappa shape index (κ1) is 15.0. The van der Waals surface area contributed by atoms with Gasteiger partial charge in [0.2, 0.25) is 0 Å². The molecule has 21 heavy (non-hydrogen) atoms. The smallest absolute Gasteiger partial charge is 0.198 e. The number of nitrogens with two attached hydrogens (primary N) is 1. The number of amidine groups is 1. The molecule has 0 aliphatic carbocycles. The van der Waals surface area contributed by atoms with Crippen LogP contribution in [0.1, 0.15) is 5.56 Å². The van der Waals surface area contributed by atoms with Gasteiger partial charge in [0, 0.05) is 11.6 Å². The third kappa shape index (κ3) is 3.19. The highest BCUT2D eigenvalue weighted by atomic mass is 35.5. The van der Waals surface area contributed by atoms with Crippen LogP contribution in [0.3, 0.4) is 0 Å². The van der Waals surface area contributed by atoms with Gasteiger partial charge in [-0.1, -0.05) is 16.8 Å². The molecular weight excluding hydrogens is 309 g/mol. The molecule has 0 spiro atoms. The molecule has 0 aliphatic rings. The van der Waals surface area contributed by atoms with Crippen LogP contribution in [0.25, 0.3) is 0 Å². The molecule has 2 aromatic carbocycles. The van der Waals surface area contributed by atoms with Gasteiger partial charge in [-0.25, -0.2) is 13.2 Å². The van der Waals surface area contributed by atoms with Gasteiger partial charge in [0.15, 0.2) is 23.2 Å². The van der Waals surface area contributed by atoms with Gasteiger partial charge in [-0.3, -0.25) is 0 Å². The lowest BCUT2D eigenvalue weighted by molar-refractivity contribution is 0.318. The molecule has 0 fully saturated rings. The molecule has 0 aliphatic heterocycles. The Morgan fingerprint density at radius 1 is 1.10 bits per heavy atom. The minimum atomic E-state index is -1.07. The van der Waals surface area contributed by atoms with Crippen LogP contribution in [-0.2, 0) is 0 Å². The van der Waals surface area contributed by atoms with Crippen molar-refractivity contribution < 1.29 is 23.1 Å². The van der Waals surface area contributed by atoms with E-state index in [1.165, 1.54) is 0 Å². The van der Waals surface area contributed by atoms with Crippen LogP contribution in [0.5, 0.6) is 11.5 Å². The lowest BCUT2D eigenvalue weighted by Gasteiger charge is -2.10.